The molecule has 0 aromatic heterocycles. The van der Waals surface area contributed by atoms with Crippen molar-refractivity contribution in [2.75, 3.05) is 0 Å². The minimum atomic E-state index is 0.669. The van der Waals surface area contributed by atoms with Gasteiger partial charge in [-0.3, -0.25) is 0 Å². The summed E-state index contributed by atoms with van der Waals surface area (Å²) >= 11 is 0. The Morgan fingerprint density at radius 3 is 2.12 bits per heavy atom. The lowest BCUT2D eigenvalue weighted by atomic mass is 9.76. The predicted molar refractivity (Wildman–Crippen MR) is 73.7 cm³/mol. The molecule has 1 saturated carbocycles. The fourth-order valence-electron chi connectivity index (χ4n) is 3.39. The molecule has 16 heavy (non-hydrogen) atoms. The molecule has 0 aromatic rings. The molecule has 0 saturated heterocycles. The predicted octanol–water partition coefficient (Wildman–Crippen LogP) is 5.95. The van der Waals surface area contributed by atoms with E-state index in [0.717, 1.165) is 5.92 Å². The van der Waals surface area contributed by atoms with E-state index in [0.29, 0.717) is 5.41 Å². The fraction of sp³-hybridized carbons (Fsp3) is 1.00. The van der Waals surface area contributed by atoms with Crippen LogP contribution in [0.25, 0.3) is 0 Å². The van der Waals surface area contributed by atoms with Crippen molar-refractivity contribution in [1.82, 2.24) is 0 Å². The zero-order chi connectivity index (χ0) is 11.9. The number of hydrogen-bond donors (Lipinski definition) is 0. The van der Waals surface area contributed by atoms with Crippen LogP contribution in [0.5, 0.6) is 0 Å². The summed E-state index contributed by atoms with van der Waals surface area (Å²) in [7, 11) is 0. The van der Waals surface area contributed by atoms with E-state index >= 15 is 0 Å². The van der Waals surface area contributed by atoms with E-state index < -0.39 is 0 Å². The second-order valence-corrected chi connectivity index (χ2v) is 6.51. The highest BCUT2D eigenvalue weighted by atomic mass is 14.3. The average Bonchev–Trinajstić information content (AvgIpc) is 2.27. The summed E-state index contributed by atoms with van der Waals surface area (Å²) in [6, 6.07) is 0. The van der Waals surface area contributed by atoms with Gasteiger partial charge in [0, 0.05) is 0 Å². The fourth-order valence-corrected chi connectivity index (χ4v) is 3.39. The van der Waals surface area contributed by atoms with E-state index in [1.807, 2.05) is 0 Å². The van der Waals surface area contributed by atoms with Crippen molar-refractivity contribution in [1.29, 1.82) is 0 Å². The van der Waals surface area contributed by atoms with Crippen molar-refractivity contribution in [2.45, 2.75) is 91.4 Å². The summed E-state index contributed by atoms with van der Waals surface area (Å²) in [6.07, 6.45) is 16.1. The summed E-state index contributed by atoms with van der Waals surface area (Å²) in [6.45, 7) is 7.33. The maximum absolute atomic E-state index is 2.54. The standard InChI is InChI=1S/C16H32/c1-4-12-16(3)13-8-5-6-10-15(2)11-7-9-14-16/h15H,4-14H2,1-3H3. The lowest BCUT2D eigenvalue weighted by Crippen LogP contribution is -2.16. The molecule has 1 fully saturated rings. The van der Waals surface area contributed by atoms with Crippen LogP contribution in [0.1, 0.15) is 91.4 Å². The van der Waals surface area contributed by atoms with Gasteiger partial charge < -0.3 is 0 Å². The molecule has 0 aromatic carbocycles. The summed E-state index contributed by atoms with van der Waals surface area (Å²) in [5, 5.41) is 0. The molecule has 1 aliphatic carbocycles. The Morgan fingerprint density at radius 1 is 0.938 bits per heavy atom. The van der Waals surface area contributed by atoms with E-state index in [-0.39, 0.29) is 0 Å². The highest BCUT2D eigenvalue weighted by molar-refractivity contribution is 4.75. The van der Waals surface area contributed by atoms with Crippen LogP contribution in [-0.4, -0.2) is 0 Å². The van der Waals surface area contributed by atoms with Crippen molar-refractivity contribution >= 4 is 0 Å². The molecule has 1 rings (SSSR count). The monoisotopic (exact) mass is 224 g/mol. The molecule has 1 aliphatic rings. The number of rotatable bonds is 2. The van der Waals surface area contributed by atoms with Gasteiger partial charge >= 0.3 is 0 Å². The van der Waals surface area contributed by atoms with Gasteiger partial charge in [-0.05, 0) is 30.6 Å². The van der Waals surface area contributed by atoms with Crippen LogP contribution in [0, 0.1) is 11.3 Å². The maximum atomic E-state index is 2.54. The van der Waals surface area contributed by atoms with E-state index in [1.54, 1.807) is 0 Å². The van der Waals surface area contributed by atoms with Gasteiger partial charge in [-0.25, -0.2) is 0 Å². The minimum absolute atomic E-state index is 0.669. The van der Waals surface area contributed by atoms with Crippen molar-refractivity contribution < 1.29 is 0 Å². The molecule has 2 atom stereocenters. The van der Waals surface area contributed by atoms with Crippen LogP contribution in [0.4, 0.5) is 0 Å². The molecule has 0 amide bonds. The summed E-state index contributed by atoms with van der Waals surface area (Å²) in [4.78, 5) is 0. The summed E-state index contributed by atoms with van der Waals surface area (Å²) in [5.41, 5.74) is 0.669. The topological polar surface area (TPSA) is 0 Å². The van der Waals surface area contributed by atoms with E-state index in [9.17, 15) is 0 Å². The van der Waals surface area contributed by atoms with Crippen molar-refractivity contribution in [2.24, 2.45) is 11.3 Å². The van der Waals surface area contributed by atoms with E-state index in [2.05, 4.69) is 20.8 Å². The molecule has 0 heterocycles. The van der Waals surface area contributed by atoms with Crippen LogP contribution in [-0.2, 0) is 0 Å². The first-order valence-corrected chi connectivity index (χ1v) is 7.66. The zero-order valence-corrected chi connectivity index (χ0v) is 11.9. The van der Waals surface area contributed by atoms with Crippen molar-refractivity contribution in [3.8, 4) is 0 Å². The van der Waals surface area contributed by atoms with Crippen LogP contribution in [0.3, 0.4) is 0 Å². The minimum Gasteiger partial charge on any atom is -0.0654 e. The SMILES string of the molecule is CCCC1(C)CCCCCC(C)CCCC1. The third-order valence-electron chi connectivity index (χ3n) is 4.56. The third-order valence-corrected chi connectivity index (χ3v) is 4.56. The first kappa shape index (κ1) is 14.1. The largest absolute Gasteiger partial charge is 0.0654 e. The van der Waals surface area contributed by atoms with E-state index in [4.69, 9.17) is 0 Å². The van der Waals surface area contributed by atoms with Crippen molar-refractivity contribution in [3.63, 3.8) is 0 Å². The molecule has 0 heteroatoms. The third kappa shape index (κ3) is 5.37. The quantitative estimate of drug-likeness (QED) is 0.543. The molecule has 0 radical (unpaired) electrons. The molecule has 0 bridgehead atoms. The van der Waals surface area contributed by atoms with Gasteiger partial charge in [0.1, 0.15) is 0 Å². The van der Waals surface area contributed by atoms with Gasteiger partial charge in [0.05, 0.1) is 0 Å². The zero-order valence-electron chi connectivity index (χ0n) is 11.9. The van der Waals surface area contributed by atoms with Crippen LogP contribution >= 0.6 is 0 Å². The molecule has 0 spiro atoms. The second kappa shape index (κ2) is 7.35. The molecule has 96 valence electrons. The Balaban J connectivity index is 2.42. The van der Waals surface area contributed by atoms with E-state index in [1.165, 1.54) is 70.6 Å². The Bertz CT molecular complexity index is 173. The Hall–Kier alpha value is 0. The van der Waals surface area contributed by atoms with Crippen LogP contribution in [0.15, 0.2) is 0 Å². The molecule has 2 unspecified atom stereocenters. The first-order chi connectivity index (χ1) is 7.66. The molecule has 0 aliphatic heterocycles. The van der Waals surface area contributed by atoms with Gasteiger partial charge in [0.15, 0.2) is 0 Å². The van der Waals surface area contributed by atoms with Gasteiger partial charge in [-0.2, -0.15) is 0 Å². The summed E-state index contributed by atoms with van der Waals surface area (Å²) < 4.78 is 0. The lowest BCUT2D eigenvalue weighted by Gasteiger charge is -2.29. The Morgan fingerprint density at radius 2 is 1.50 bits per heavy atom. The smallest absolute Gasteiger partial charge is 0.0326 e. The van der Waals surface area contributed by atoms with Gasteiger partial charge in [-0.15, -0.1) is 0 Å². The van der Waals surface area contributed by atoms with Gasteiger partial charge in [-0.1, -0.05) is 72.1 Å². The lowest BCUT2D eigenvalue weighted by molar-refractivity contribution is 0.231. The van der Waals surface area contributed by atoms with Gasteiger partial charge in [0.2, 0.25) is 0 Å². The summed E-state index contributed by atoms with van der Waals surface area (Å²) in [5.74, 6) is 0.982. The highest BCUT2D eigenvalue weighted by Gasteiger charge is 2.22. The average molecular weight is 224 g/mol. The van der Waals surface area contributed by atoms with Crippen molar-refractivity contribution in [3.05, 3.63) is 0 Å². The van der Waals surface area contributed by atoms with Gasteiger partial charge in [0.25, 0.3) is 0 Å². The second-order valence-electron chi connectivity index (χ2n) is 6.51. The molecular weight excluding hydrogens is 192 g/mol. The van der Waals surface area contributed by atoms with Crippen LogP contribution in [0.2, 0.25) is 0 Å². The first-order valence-electron chi connectivity index (χ1n) is 7.66. The van der Waals surface area contributed by atoms with Crippen LogP contribution < -0.4 is 0 Å². The Labute approximate surface area is 103 Å². The molecule has 0 N–H and O–H groups in total. The highest BCUT2D eigenvalue weighted by Crippen LogP contribution is 2.36. The molecular formula is C16H32. The normalized spacial score (nSPS) is 34.3. The Kier molecular flexibility index (Phi) is 6.46. The molecule has 0 nitrogen and oxygen atoms in total. The number of hydrogen-bond acceptors (Lipinski definition) is 0. The maximum Gasteiger partial charge on any atom is -0.0326 e.